The molecule has 0 aliphatic heterocycles. The van der Waals surface area contributed by atoms with E-state index in [0.717, 1.165) is 0 Å². The molecule has 0 saturated carbocycles. The van der Waals surface area contributed by atoms with Gasteiger partial charge in [-0.25, -0.2) is 0 Å². The molecule has 0 aliphatic carbocycles. The predicted octanol–water partition coefficient (Wildman–Crippen LogP) is 1.62. The number of hydrogen-bond donors (Lipinski definition) is 2. The first-order valence-corrected chi connectivity index (χ1v) is 5.58. The average molecular weight is 313 g/mol. The first-order valence-electron chi connectivity index (χ1n) is 5.17. The molecule has 0 saturated heterocycles. The van der Waals surface area contributed by atoms with E-state index >= 15 is 0 Å². The second kappa shape index (κ2) is 9.99. The lowest BCUT2D eigenvalue weighted by molar-refractivity contribution is -0.146. The van der Waals surface area contributed by atoms with Gasteiger partial charge in [0.05, 0.1) is 18.3 Å². The molecule has 4 nitrogen and oxygen atoms in total. The van der Waals surface area contributed by atoms with Crippen LogP contribution in [0.25, 0.3) is 0 Å². The van der Waals surface area contributed by atoms with Gasteiger partial charge in [-0.15, -0.1) is 17.0 Å². The summed E-state index contributed by atoms with van der Waals surface area (Å²) in [7, 11) is 0. The van der Waals surface area contributed by atoms with E-state index in [1.165, 1.54) is 0 Å². The van der Waals surface area contributed by atoms with E-state index in [1.807, 2.05) is 13.8 Å². The summed E-state index contributed by atoms with van der Waals surface area (Å²) in [5.74, 6) is -0.252. The second-order valence-electron chi connectivity index (χ2n) is 3.68. The molecule has 0 spiro atoms. The topological polar surface area (TPSA) is 64.3 Å². The zero-order chi connectivity index (χ0) is 11.8. The molecule has 0 aromatic heterocycles. The number of ether oxygens (including phenoxy) is 1. The maximum absolute atomic E-state index is 11.6. The summed E-state index contributed by atoms with van der Waals surface area (Å²) >= 11 is 5.09. The second-order valence-corrected chi connectivity index (χ2v) is 4.12. The van der Waals surface area contributed by atoms with Crippen molar-refractivity contribution >= 4 is 40.2 Å². The highest BCUT2D eigenvalue weighted by Crippen LogP contribution is 2.14. The lowest BCUT2D eigenvalue weighted by Crippen LogP contribution is -2.38. The lowest BCUT2D eigenvalue weighted by atomic mass is 9.97. The van der Waals surface area contributed by atoms with Crippen LogP contribution < -0.4 is 11.1 Å². The Kier molecular flexibility index (Phi) is 11.3. The molecule has 0 fully saturated rings. The van der Waals surface area contributed by atoms with Crippen LogP contribution in [0.15, 0.2) is 0 Å². The predicted molar refractivity (Wildman–Crippen MR) is 74.7 cm³/mol. The van der Waals surface area contributed by atoms with Gasteiger partial charge in [0.2, 0.25) is 0 Å². The van der Waals surface area contributed by atoms with Gasteiger partial charge in [0.1, 0.15) is 5.92 Å². The Hall–Kier alpha value is -0.200. The van der Waals surface area contributed by atoms with Gasteiger partial charge < -0.3 is 15.8 Å². The molecule has 1 atom stereocenters. The molecule has 96 valence electrons. The summed E-state index contributed by atoms with van der Waals surface area (Å²) in [6.45, 7) is 6.48. The Morgan fingerprint density at radius 3 is 2.44 bits per heavy atom. The normalized spacial score (nSPS) is 11.6. The minimum atomic E-state index is -0.372. The van der Waals surface area contributed by atoms with E-state index in [1.54, 1.807) is 6.92 Å². The number of nitrogens with two attached hydrogens (primary N) is 1. The lowest BCUT2D eigenvalue weighted by Gasteiger charge is -2.18. The van der Waals surface area contributed by atoms with Crippen LogP contribution in [0, 0.1) is 11.8 Å². The Bertz CT molecular complexity index is 207. The average Bonchev–Trinajstić information content (AvgIpc) is 2.14. The molecule has 0 rings (SSSR count). The van der Waals surface area contributed by atoms with Gasteiger partial charge in [0.15, 0.2) is 0 Å². The number of halogens is 1. The highest BCUT2D eigenvalue weighted by Gasteiger charge is 2.25. The molecule has 1 unspecified atom stereocenters. The third-order valence-electron chi connectivity index (χ3n) is 1.87. The van der Waals surface area contributed by atoms with Crippen molar-refractivity contribution in [3.63, 3.8) is 0 Å². The fourth-order valence-corrected chi connectivity index (χ4v) is 1.52. The Morgan fingerprint density at radius 1 is 1.50 bits per heavy atom. The van der Waals surface area contributed by atoms with Crippen molar-refractivity contribution < 1.29 is 9.53 Å². The molecular weight excluding hydrogens is 292 g/mol. The number of nitrogens with one attached hydrogen (secondary N) is 1. The number of rotatable bonds is 6. The first-order chi connectivity index (χ1) is 7.02. The number of carbonyl (C=O) groups is 1. The Labute approximate surface area is 113 Å². The van der Waals surface area contributed by atoms with Crippen LogP contribution >= 0.6 is 29.2 Å². The number of carbonyl (C=O) groups excluding carboxylic acids is 1. The fraction of sp³-hybridized carbons (Fsp3) is 0.800. The van der Waals surface area contributed by atoms with Crippen LogP contribution in [0.4, 0.5) is 0 Å². The van der Waals surface area contributed by atoms with Crippen molar-refractivity contribution in [3.8, 4) is 0 Å². The van der Waals surface area contributed by atoms with Crippen LogP contribution in [0.1, 0.15) is 27.2 Å². The molecule has 0 amide bonds. The quantitative estimate of drug-likeness (QED) is 0.443. The van der Waals surface area contributed by atoms with Gasteiger partial charge in [0, 0.05) is 0 Å². The van der Waals surface area contributed by atoms with Gasteiger partial charge in [0.25, 0.3) is 0 Å². The zero-order valence-corrected chi connectivity index (χ0v) is 12.5. The van der Waals surface area contributed by atoms with Crippen LogP contribution in [0.2, 0.25) is 0 Å². The maximum Gasteiger partial charge on any atom is 0.315 e. The molecule has 0 aromatic carbocycles. The molecular formula is C10H21BrN2O2S. The third kappa shape index (κ3) is 7.14. The van der Waals surface area contributed by atoms with Gasteiger partial charge in [-0.05, 0) is 19.3 Å². The molecule has 6 heteroatoms. The van der Waals surface area contributed by atoms with Crippen molar-refractivity contribution in [1.29, 1.82) is 0 Å². The molecule has 0 bridgehead atoms. The van der Waals surface area contributed by atoms with Gasteiger partial charge in [-0.3, -0.25) is 4.79 Å². The highest BCUT2D eigenvalue weighted by molar-refractivity contribution is 8.93. The van der Waals surface area contributed by atoms with E-state index in [4.69, 9.17) is 22.7 Å². The van der Waals surface area contributed by atoms with Crippen LogP contribution in [0.3, 0.4) is 0 Å². The largest absolute Gasteiger partial charge is 0.465 e. The molecule has 0 radical (unpaired) electrons. The summed E-state index contributed by atoms with van der Waals surface area (Å²) in [6.07, 6.45) is 0.685. The highest BCUT2D eigenvalue weighted by atomic mass is 79.9. The summed E-state index contributed by atoms with van der Waals surface area (Å²) in [6, 6.07) is 0. The third-order valence-corrected chi connectivity index (χ3v) is 2.30. The zero-order valence-electron chi connectivity index (χ0n) is 9.99. The number of thiocarbonyl (C=S) groups is 1. The van der Waals surface area contributed by atoms with E-state index < -0.39 is 0 Å². The SMILES string of the molecule is Br.CCOC(=O)C(CC(C)C)C(=S)NCN. The van der Waals surface area contributed by atoms with Crippen LogP contribution in [0.5, 0.6) is 0 Å². The van der Waals surface area contributed by atoms with Crippen molar-refractivity contribution in [2.24, 2.45) is 17.6 Å². The van der Waals surface area contributed by atoms with Crippen LogP contribution in [-0.4, -0.2) is 24.2 Å². The van der Waals surface area contributed by atoms with E-state index in [0.29, 0.717) is 23.9 Å². The standard InChI is InChI=1S/C10H20N2O2S.BrH/c1-4-14-10(13)8(5-7(2)3)9(15)12-6-11;/h7-8H,4-6,11H2,1-3H3,(H,12,15);1H. The summed E-state index contributed by atoms with van der Waals surface area (Å²) in [5.41, 5.74) is 5.32. The minimum Gasteiger partial charge on any atom is -0.465 e. The summed E-state index contributed by atoms with van der Waals surface area (Å²) in [4.78, 5) is 12.1. The van der Waals surface area contributed by atoms with E-state index in [2.05, 4.69) is 5.32 Å². The van der Waals surface area contributed by atoms with Gasteiger partial charge in [-0.2, -0.15) is 0 Å². The van der Waals surface area contributed by atoms with Gasteiger partial charge >= 0.3 is 5.97 Å². The number of hydrogen-bond acceptors (Lipinski definition) is 4. The fourth-order valence-electron chi connectivity index (χ4n) is 1.25. The molecule has 0 heterocycles. The molecule has 16 heavy (non-hydrogen) atoms. The Morgan fingerprint density at radius 2 is 2.06 bits per heavy atom. The summed E-state index contributed by atoms with van der Waals surface area (Å²) in [5, 5.41) is 2.80. The molecule has 0 aromatic rings. The first kappa shape index (κ1) is 18.2. The number of esters is 1. The van der Waals surface area contributed by atoms with Crippen molar-refractivity contribution in [2.45, 2.75) is 27.2 Å². The smallest absolute Gasteiger partial charge is 0.315 e. The van der Waals surface area contributed by atoms with E-state index in [9.17, 15) is 4.79 Å². The van der Waals surface area contributed by atoms with Crippen molar-refractivity contribution in [3.05, 3.63) is 0 Å². The minimum absolute atomic E-state index is 0. The molecule has 0 aliphatic rings. The van der Waals surface area contributed by atoms with E-state index in [-0.39, 0.29) is 35.5 Å². The van der Waals surface area contributed by atoms with Crippen molar-refractivity contribution in [2.75, 3.05) is 13.3 Å². The molecule has 3 N–H and O–H groups in total. The van der Waals surface area contributed by atoms with Gasteiger partial charge in [-0.1, -0.05) is 26.1 Å². The Balaban J connectivity index is 0. The van der Waals surface area contributed by atoms with Crippen molar-refractivity contribution in [1.82, 2.24) is 5.32 Å². The van der Waals surface area contributed by atoms with Crippen LogP contribution in [-0.2, 0) is 9.53 Å². The monoisotopic (exact) mass is 312 g/mol. The maximum atomic E-state index is 11.6. The summed E-state index contributed by atoms with van der Waals surface area (Å²) < 4.78 is 4.97.